The van der Waals surface area contributed by atoms with Crippen LogP contribution in [0.15, 0.2) is 6.20 Å². The molecule has 6 heteroatoms. The maximum atomic E-state index is 6.09. The molecule has 0 atom stereocenters. The van der Waals surface area contributed by atoms with Gasteiger partial charge in [0.1, 0.15) is 17.3 Å². The predicted octanol–water partition coefficient (Wildman–Crippen LogP) is 2.03. The molecule has 3 aromatic heterocycles. The summed E-state index contributed by atoms with van der Waals surface area (Å²) in [7, 11) is 1.94. The van der Waals surface area contributed by atoms with Gasteiger partial charge in [-0.25, -0.2) is 9.97 Å². The van der Waals surface area contributed by atoms with Gasteiger partial charge in [-0.1, -0.05) is 0 Å². The average Bonchev–Trinajstić information content (AvgIpc) is 2.82. The van der Waals surface area contributed by atoms with Crippen LogP contribution < -0.4 is 5.73 Å². The molecule has 2 N–H and O–H groups in total. The standard InChI is InChI=1S/C15H20N6/c1-8-10(3)21(7-12-6-20(5)19-9(12)2)15-13(8)14(16)17-11(4)18-15/h6H,7H2,1-5H3,(H2,16,17,18). The molecule has 0 saturated carbocycles. The molecule has 3 heterocycles. The Bertz CT molecular complexity index is 840. The summed E-state index contributed by atoms with van der Waals surface area (Å²) < 4.78 is 4.03. The summed E-state index contributed by atoms with van der Waals surface area (Å²) >= 11 is 0. The van der Waals surface area contributed by atoms with Gasteiger partial charge in [0.15, 0.2) is 0 Å². The molecular formula is C15H20N6. The first kappa shape index (κ1) is 13.6. The Morgan fingerprint density at radius 1 is 1.14 bits per heavy atom. The van der Waals surface area contributed by atoms with Crippen LogP contribution in [0.1, 0.15) is 28.3 Å². The van der Waals surface area contributed by atoms with E-state index in [1.165, 1.54) is 11.3 Å². The minimum Gasteiger partial charge on any atom is -0.383 e. The Balaban J connectivity index is 2.23. The van der Waals surface area contributed by atoms with Gasteiger partial charge in [0.05, 0.1) is 17.6 Å². The van der Waals surface area contributed by atoms with E-state index < -0.39 is 0 Å². The molecule has 0 aliphatic carbocycles. The van der Waals surface area contributed by atoms with Crippen LogP contribution in [0.5, 0.6) is 0 Å². The van der Waals surface area contributed by atoms with Crippen LogP contribution in [0, 0.1) is 27.7 Å². The van der Waals surface area contributed by atoms with Crippen LogP contribution in [0.2, 0.25) is 0 Å². The summed E-state index contributed by atoms with van der Waals surface area (Å²) in [6, 6.07) is 0. The van der Waals surface area contributed by atoms with E-state index in [4.69, 9.17) is 5.73 Å². The topological polar surface area (TPSA) is 74.5 Å². The molecule has 21 heavy (non-hydrogen) atoms. The van der Waals surface area contributed by atoms with Crippen LogP contribution in [-0.2, 0) is 13.6 Å². The van der Waals surface area contributed by atoms with Crippen LogP contribution in [-0.4, -0.2) is 24.3 Å². The number of nitrogens with two attached hydrogens (primary N) is 1. The van der Waals surface area contributed by atoms with Crippen LogP contribution in [0.25, 0.3) is 11.0 Å². The molecule has 6 nitrogen and oxygen atoms in total. The molecule has 0 spiro atoms. The third-order valence-corrected chi connectivity index (χ3v) is 4.05. The zero-order valence-electron chi connectivity index (χ0n) is 13.1. The number of aryl methyl sites for hydroxylation is 4. The monoisotopic (exact) mass is 284 g/mol. The Morgan fingerprint density at radius 3 is 2.48 bits per heavy atom. The summed E-state index contributed by atoms with van der Waals surface area (Å²) in [4.78, 5) is 8.88. The molecule has 0 aromatic carbocycles. The molecule has 0 fully saturated rings. The molecule has 3 rings (SSSR count). The van der Waals surface area contributed by atoms with Gasteiger partial charge < -0.3 is 10.3 Å². The molecule has 3 aromatic rings. The highest BCUT2D eigenvalue weighted by Crippen LogP contribution is 2.28. The summed E-state index contributed by atoms with van der Waals surface area (Å²) in [5, 5.41) is 5.36. The van der Waals surface area contributed by atoms with Crippen molar-refractivity contribution in [2.24, 2.45) is 7.05 Å². The smallest absolute Gasteiger partial charge is 0.146 e. The van der Waals surface area contributed by atoms with Crippen LogP contribution >= 0.6 is 0 Å². The van der Waals surface area contributed by atoms with Crippen LogP contribution in [0.3, 0.4) is 0 Å². The van der Waals surface area contributed by atoms with Crippen molar-refractivity contribution >= 4 is 16.9 Å². The summed E-state index contributed by atoms with van der Waals surface area (Å²) in [5.74, 6) is 1.25. The number of anilines is 1. The molecule has 0 bridgehead atoms. The molecule has 110 valence electrons. The SMILES string of the molecule is Cc1nc(N)c2c(C)c(C)n(Cc3cn(C)nc3C)c2n1. The molecule has 0 saturated heterocycles. The number of rotatable bonds is 2. The molecule has 0 aliphatic rings. The fourth-order valence-electron chi connectivity index (χ4n) is 2.84. The van der Waals surface area contributed by atoms with E-state index in [2.05, 4.69) is 33.5 Å². The van der Waals surface area contributed by atoms with Crippen molar-refractivity contribution in [1.82, 2.24) is 24.3 Å². The van der Waals surface area contributed by atoms with Gasteiger partial charge in [0, 0.05) is 24.5 Å². The zero-order chi connectivity index (χ0) is 15.3. The highest BCUT2D eigenvalue weighted by Gasteiger charge is 2.17. The second kappa shape index (κ2) is 4.58. The fraction of sp³-hybridized carbons (Fsp3) is 0.400. The van der Waals surface area contributed by atoms with Gasteiger partial charge in [-0.15, -0.1) is 0 Å². The summed E-state index contributed by atoms with van der Waals surface area (Å²) in [6.45, 7) is 8.80. The quantitative estimate of drug-likeness (QED) is 0.781. The van der Waals surface area contributed by atoms with Gasteiger partial charge in [-0.05, 0) is 33.3 Å². The Hall–Kier alpha value is -2.37. The van der Waals surface area contributed by atoms with Crippen molar-refractivity contribution in [3.63, 3.8) is 0 Å². The number of hydrogen-bond donors (Lipinski definition) is 1. The maximum absolute atomic E-state index is 6.09. The Morgan fingerprint density at radius 2 is 1.86 bits per heavy atom. The number of fused-ring (bicyclic) bond motifs is 1. The number of hydrogen-bond acceptors (Lipinski definition) is 4. The average molecular weight is 284 g/mol. The lowest BCUT2D eigenvalue weighted by molar-refractivity contribution is 0.755. The van der Waals surface area contributed by atoms with Gasteiger partial charge in [0.2, 0.25) is 0 Å². The van der Waals surface area contributed by atoms with Crippen molar-refractivity contribution in [3.05, 3.63) is 34.5 Å². The molecular weight excluding hydrogens is 264 g/mol. The lowest BCUT2D eigenvalue weighted by atomic mass is 10.2. The largest absolute Gasteiger partial charge is 0.383 e. The van der Waals surface area contributed by atoms with Crippen LogP contribution in [0.4, 0.5) is 5.82 Å². The van der Waals surface area contributed by atoms with Crippen molar-refractivity contribution in [1.29, 1.82) is 0 Å². The lowest BCUT2D eigenvalue weighted by Crippen LogP contribution is -2.05. The number of nitrogens with zero attached hydrogens (tertiary/aromatic N) is 5. The van der Waals surface area contributed by atoms with Gasteiger partial charge in [-0.3, -0.25) is 4.68 Å². The Labute approximate surface area is 123 Å². The van der Waals surface area contributed by atoms with E-state index in [1.807, 2.05) is 31.8 Å². The normalized spacial score (nSPS) is 11.5. The van der Waals surface area contributed by atoms with Crippen molar-refractivity contribution in [2.75, 3.05) is 5.73 Å². The highest BCUT2D eigenvalue weighted by molar-refractivity contribution is 5.91. The Kier molecular flexibility index (Phi) is 2.97. The number of aromatic nitrogens is 5. The first-order valence-corrected chi connectivity index (χ1v) is 6.97. The van der Waals surface area contributed by atoms with Gasteiger partial charge in [0.25, 0.3) is 0 Å². The second-order valence-corrected chi connectivity index (χ2v) is 5.56. The first-order valence-electron chi connectivity index (χ1n) is 6.97. The minimum atomic E-state index is 0.555. The van der Waals surface area contributed by atoms with Gasteiger partial charge in [-0.2, -0.15) is 5.10 Å². The summed E-state index contributed by atoms with van der Waals surface area (Å²) in [5.41, 5.74) is 11.5. The van der Waals surface area contributed by atoms with Gasteiger partial charge >= 0.3 is 0 Å². The third kappa shape index (κ3) is 2.07. The van der Waals surface area contributed by atoms with Crippen molar-refractivity contribution in [2.45, 2.75) is 34.2 Å². The number of nitrogen functional groups attached to an aromatic ring is 1. The van der Waals surface area contributed by atoms with Crippen molar-refractivity contribution in [3.8, 4) is 0 Å². The van der Waals surface area contributed by atoms with E-state index in [-0.39, 0.29) is 0 Å². The van der Waals surface area contributed by atoms with E-state index in [0.717, 1.165) is 28.8 Å². The van der Waals surface area contributed by atoms with Crippen molar-refractivity contribution < 1.29 is 0 Å². The third-order valence-electron chi connectivity index (χ3n) is 4.05. The zero-order valence-corrected chi connectivity index (χ0v) is 13.1. The first-order chi connectivity index (χ1) is 9.88. The minimum absolute atomic E-state index is 0.555. The summed E-state index contributed by atoms with van der Waals surface area (Å²) in [6.07, 6.45) is 2.05. The molecule has 0 aliphatic heterocycles. The fourth-order valence-corrected chi connectivity index (χ4v) is 2.84. The molecule has 0 radical (unpaired) electrons. The van der Waals surface area contributed by atoms with E-state index in [1.54, 1.807) is 0 Å². The highest BCUT2D eigenvalue weighted by atomic mass is 15.3. The molecule has 0 unspecified atom stereocenters. The lowest BCUT2D eigenvalue weighted by Gasteiger charge is -2.07. The van der Waals surface area contributed by atoms with E-state index >= 15 is 0 Å². The maximum Gasteiger partial charge on any atom is 0.146 e. The second-order valence-electron chi connectivity index (χ2n) is 5.56. The predicted molar refractivity (Wildman–Crippen MR) is 83.2 cm³/mol. The van der Waals surface area contributed by atoms with E-state index in [0.29, 0.717) is 11.6 Å². The molecule has 0 amide bonds. The van der Waals surface area contributed by atoms with E-state index in [9.17, 15) is 0 Å².